The predicted octanol–water partition coefficient (Wildman–Crippen LogP) is 1.93. The summed E-state index contributed by atoms with van der Waals surface area (Å²) in [5.74, 6) is -0.280. The van der Waals surface area contributed by atoms with Gasteiger partial charge < -0.3 is 9.57 Å². The largest absolute Gasteiger partial charge is 0.465 e. The zero-order valence-corrected chi connectivity index (χ0v) is 13.0. The monoisotopic (exact) mass is 292 g/mol. The van der Waals surface area contributed by atoms with E-state index in [1.54, 1.807) is 13.2 Å². The van der Waals surface area contributed by atoms with Gasteiger partial charge in [-0.1, -0.05) is 12.1 Å². The fraction of sp³-hybridized carbons (Fsp3) is 0.562. The van der Waals surface area contributed by atoms with Crippen LogP contribution in [-0.2, 0) is 16.1 Å². The molecule has 0 amide bonds. The molecule has 116 valence electrons. The average molecular weight is 292 g/mol. The molecule has 0 saturated carbocycles. The summed E-state index contributed by atoms with van der Waals surface area (Å²) >= 11 is 0. The summed E-state index contributed by atoms with van der Waals surface area (Å²) in [7, 11) is 5.11. The Kier molecular flexibility index (Phi) is 5.73. The Bertz CT molecular complexity index is 470. The molecule has 21 heavy (non-hydrogen) atoms. The maximum absolute atomic E-state index is 11.6. The lowest BCUT2D eigenvalue weighted by atomic mass is 10.0. The predicted molar refractivity (Wildman–Crippen MR) is 80.9 cm³/mol. The number of carbonyl (C=O) groups is 1. The average Bonchev–Trinajstić information content (AvgIpc) is 2.54. The van der Waals surface area contributed by atoms with Crippen LogP contribution in [0.3, 0.4) is 0 Å². The third kappa shape index (κ3) is 4.27. The van der Waals surface area contributed by atoms with Crippen molar-refractivity contribution in [3.8, 4) is 0 Å². The highest BCUT2D eigenvalue weighted by Crippen LogP contribution is 2.18. The number of ether oxygens (including phenoxy) is 1. The van der Waals surface area contributed by atoms with Crippen LogP contribution in [-0.4, -0.2) is 56.3 Å². The normalized spacial score (nSPS) is 17.1. The van der Waals surface area contributed by atoms with E-state index in [1.807, 2.05) is 24.2 Å². The lowest BCUT2D eigenvalue weighted by molar-refractivity contribution is -0.151. The molecule has 0 spiro atoms. The molecule has 5 heteroatoms. The minimum Gasteiger partial charge on any atom is -0.465 e. The second kappa shape index (κ2) is 7.54. The minimum absolute atomic E-state index is 0.280. The van der Waals surface area contributed by atoms with Gasteiger partial charge in [0.15, 0.2) is 0 Å². The van der Waals surface area contributed by atoms with Crippen molar-refractivity contribution in [3.63, 3.8) is 0 Å². The van der Waals surface area contributed by atoms with E-state index in [0.717, 1.165) is 38.0 Å². The Morgan fingerprint density at radius 3 is 2.67 bits per heavy atom. The molecule has 0 aromatic heterocycles. The van der Waals surface area contributed by atoms with Gasteiger partial charge >= 0.3 is 5.97 Å². The van der Waals surface area contributed by atoms with Gasteiger partial charge in [-0.05, 0) is 30.5 Å². The van der Waals surface area contributed by atoms with Crippen molar-refractivity contribution in [2.45, 2.75) is 25.4 Å². The van der Waals surface area contributed by atoms with Gasteiger partial charge in [0.2, 0.25) is 0 Å². The summed E-state index contributed by atoms with van der Waals surface area (Å²) in [6.07, 6.45) is 2.20. The molecule has 1 aliphatic heterocycles. The maximum atomic E-state index is 11.6. The van der Waals surface area contributed by atoms with Crippen LogP contribution in [0.5, 0.6) is 0 Å². The number of likely N-dealkylation sites (tertiary alicyclic amines) is 1. The molecule has 1 aromatic carbocycles. The smallest absolute Gasteiger partial charge is 0.337 e. The summed E-state index contributed by atoms with van der Waals surface area (Å²) in [6, 6.07) is 8.16. The van der Waals surface area contributed by atoms with Gasteiger partial charge in [0.05, 0.1) is 19.8 Å². The Labute approximate surface area is 126 Å². The zero-order valence-electron chi connectivity index (χ0n) is 13.0. The molecule has 0 radical (unpaired) electrons. The van der Waals surface area contributed by atoms with Crippen molar-refractivity contribution in [1.82, 2.24) is 9.96 Å². The molecule has 0 N–H and O–H groups in total. The first-order chi connectivity index (χ1) is 10.1. The number of piperidine rings is 1. The minimum atomic E-state index is -0.280. The first-order valence-corrected chi connectivity index (χ1v) is 7.30. The van der Waals surface area contributed by atoms with Crippen LogP contribution in [0.4, 0.5) is 0 Å². The van der Waals surface area contributed by atoms with Crippen LogP contribution in [0.2, 0.25) is 0 Å². The molecule has 5 nitrogen and oxygen atoms in total. The van der Waals surface area contributed by atoms with Crippen molar-refractivity contribution in [2.24, 2.45) is 0 Å². The SMILES string of the molecule is COC(=O)c1cccc(CN2CCC(N(C)OC)CC2)c1. The summed E-state index contributed by atoms with van der Waals surface area (Å²) in [5, 5.41) is 1.94. The van der Waals surface area contributed by atoms with Gasteiger partial charge in [0.1, 0.15) is 0 Å². The van der Waals surface area contributed by atoms with Crippen LogP contribution in [0.1, 0.15) is 28.8 Å². The molecular weight excluding hydrogens is 268 g/mol. The van der Waals surface area contributed by atoms with E-state index < -0.39 is 0 Å². The van der Waals surface area contributed by atoms with E-state index in [2.05, 4.69) is 11.0 Å². The summed E-state index contributed by atoms with van der Waals surface area (Å²) in [4.78, 5) is 19.2. The van der Waals surface area contributed by atoms with Gasteiger partial charge in [-0.2, -0.15) is 5.06 Å². The van der Waals surface area contributed by atoms with Crippen LogP contribution >= 0.6 is 0 Å². The van der Waals surface area contributed by atoms with Gasteiger partial charge in [0.25, 0.3) is 0 Å². The van der Waals surface area contributed by atoms with Gasteiger partial charge in [-0.15, -0.1) is 0 Å². The number of nitrogens with zero attached hydrogens (tertiary/aromatic N) is 2. The fourth-order valence-electron chi connectivity index (χ4n) is 2.76. The first kappa shape index (κ1) is 15.9. The number of benzene rings is 1. The molecule has 1 heterocycles. The lowest BCUT2D eigenvalue weighted by Crippen LogP contribution is -2.42. The van der Waals surface area contributed by atoms with E-state index in [4.69, 9.17) is 9.57 Å². The highest BCUT2D eigenvalue weighted by Gasteiger charge is 2.22. The number of rotatable bonds is 5. The molecule has 1 saturated heterocycles. The third-order valence-corrected chi connectivity index (χ3v) is 4.11. The van der Waals surface area contributed by atoms with Crippen molar-refractivity contribution >= 4 is 5.97 Å². The van der Waals surface area contributed by atoms with E-state index in [-0.39, 0.29) is 5.97 Å². The van der Waals surface area contributed by atoms with Gasteiger partial charge in [0, 0.05) is 32.7 Å². The number of hydroxylamine groups is 2. The molecule has 2 rings (SSSR count). The first-order valence-electron chi connectivity index (χ1n) is 7.30. The highest BCUT2D eigenvalue weighted by atomic mass is 16.7. The molecule has 0 aliphatic carbocycles. The van der Waals surface area contributed by atoms with Crippen molar-refractivity contribution in [2.75, 3.05) is 34.4 Å². The second-order valence-electron chi connectivity index (χ2n) is 5.43. The molecule has 1 aromatic rings. The quantitative estimate of drug-likeness (QED) is 0.613. The Balaban J connectivity index is 1.90. The Morgan fingerprint density at radius 2 is 2.05 bits per heavy atom. The molecule has 0 atom stereocenters. The molecular formula is C16H24N2O3. The van der Waals surface area contributed by atoms with E-state index in [0.29, 0.717) is 11.6 Å². The zero-order chi connectivity index (χ0) is 15.2. The third-order valence-electron chi connectivity index (χ3n) is 4.11. The summed E-state index contributed by atoms with van der Waals surface area (Å²) in [6.45, 7) is 2.95. The van der Waals surface area contributed by atoms with Crippen molar-refractivity contribution in [1.29, 1.82) is 0 Å². The van der Waals surface area contributed by atoms with E-state index >= 15 is 0 Å². The van der Waals surface area contributed by atoms with Gasteiger partial charge in [-0.3, -0.25) is 4.90 Å². The van der Waals surface area contributed by atoms with Crippen LogP contribution in [0.25, 0.3) is 0 Å². The maximum Gasteiger partial charge on any atom is 0.337 e. The van der Waals surface area contributed by atoms with E-state index in [9.17, 15) is 4.79 Å². The van der Waals surface area contributed by atoms with Crippen LogP contribution in [0.15, 0.2) is 24.3 Å². The van der Waals surface area contributed by atoms with Crippen LogP contribution < -0.4 is 0 Å². The fourth-order valence-corrected chi connectivity index (χ4v) is 2.76. The van der Waals surface area contributed by atoms with E-state index in [1.165, 1.54) is 7.11 Å². The summed E-state index contributed by atoms with van der Waals surface area (Å²) < 4.78 is 4.76. The molecule has 1 fully saturated rings. The number of esters is 1. The highest BCUT2D eigenvalue weighted by molar-refractivity contribution is 5.89. The van der Waals surface area contributed by atoms with Crippen molar-refractivity contribution < 1.29 is 14.4 Å². The van der Waals surface area contributed by atoms with Crippen LogP contribution in [0, 0.1) is 0 Å². The molecule has 1 aliphatic rings. The Morgan fingerprint density at radius 1 is 1.33 bits per heavy atom. The van der Waals surface area contributed by atoms with Gasteiger partial charge in [-0.25, -0.2) is 4.79 Å². The lowest BCUT2D eigenvalue weighted by Gasteiger charge is -2.35. The Hall–Kier alpha value is -1.43. The number of methoxy groups -OCH3 is 1. The standard InChI is InChI=1S/C16H24N2O3/c1-17(21-3)15-7-9-18(10-8-15)12-13-5-4-6-14(11-13)16(19)20-2/h4-6,11,15H,7-10,12H2,1-3H3. The van der Waals surface area contributed by atoms with Crippen molar-refractivity contribution in [3.05, 3.63) is 35.4 Å². The second-order valence-corrected chi connectivity index (χ2v) is 5.43. The topological polar surface area (TPSA) is 42.0 Å². The number of hydrogen-bond donors (Lipinski definition) is 0. The molecule has 0 bridgehead atoms. The number of carbonyl (C=O) groups excluding carboxylic acids is 1. The number of hydrogen-bond acceptors (Lipinski definition) is 5. The summed E-state index contributed by atoms with van der Waals surface area (Å²) in [5.41, 5.74) is 1.76. The molecule has 0 unspecified atom stereocenters.